The summed E-state index contributed by atoms with van der Waals surface area (Å²) in [5.41, 5.74) is 8.24. The normalized spacial score (nSPS) is 22.2. The molecule has 1 saturated heterocycles. The van der Waals surface area contributed by atoms with Crippen LogP contribution in [0.25, 0.3) is 11.0 Å². The van der Waals surface area contributed by atoms with Crippen LogP contribution in [0.15, 0.2) is 24.3 Å². The molecule has 1 aliphatic heterocycles. The highest BCUT2D eigenvalue weighted by Gasteiger charge is 2.28. The first-order valence-electron chi connectivity index (χ1n) is 7.59. The number of aromatic nitrogens is 2. The number of nitrogens with zero attached hydrogens (tertiary/aromatic N) is 3. The molecular formula is C16H24N4. The number of hydrogen-bond acceptors (Lipinski definition) is 3. The minimum Gasteiger partial charge on any atom is -0.330 e. The van der Waals surface area contributed by atoms with E-state index in [2.05, 4.69) is 41.6 Å². The summed E-state index contributed by atoms with van der Waals surface area (Å²) in [6, 6.07) is 9.16. The number of imidazole rings is 1. The van der Waals surface area contributed by atoms with Crippen LogP contribution in [0, 0.1) is 0 Å². The molecule has 1 aliphatic rings. The summed E-state index contributed by atoms with van der Waals surface area (Å²) in [5, 5.41) is 0. The average molecular weight is 272 g/mol. The second kappa shape index (κ2) is 5.54. The Hall–Kier alpha value is -1.39. The van der Waals surface area contributed by atoms with Crippen LogP contribution in [0.5, 0.6) is 0 Å². The standard InChI is InChI=1S/C16H24N4/c1-12(20-10-6-5-7-13(20)11-17)16-18-14-8-3-4-9-15(14)19(16)2/h3-4,8-9,12-13H,5-7,10-11,17H2,1-2H3. The Morgan fingerprint density at radius 3 is 2.90 bits per heavy atom. The van der Waals surface area contributed by atoms with E-state index in [9.17, 15) is 0 Å². The molecule has 2 unspecified atom stereocenters. The van der Waals surface area contributed by atoms with Gasteiger partial charge in [-0.1, -0.05) is 18.6 Å². The van der Waals surface area contributed by atoms with Gasteiger partial charge in [0, 0.05) is 19.6 Å². The van der Waals surface area contributed by atoms with Gasteiger partial charge in [0.15, 0.2) is 0 Å². The predicted octanol–water partition coefficient (Wildman–Crippen LogP) is 2.45. The van der Waals surface area contributed by atoms with Crippen LogP contribution >= 0.6 is 0 Å². The van der Waals surface area contributed by atoms with Gasteiger partial charge >= 0.3 is 0 Å². The number of aryl methyl sites for hydroxylation is 1. The van der Waals surface area contributed by atoms with Gasteiger partial charge in [-0.25, -0.2) is 4.98 Å². The third-order valence-corrected chi connectivity index (χ3v) is 4.64. The van der Waals surface area contributed by atoms with E-state index >= 15 is 0 Å². The molecule has 1 aromatic carbocycles. The Kier molecular flexibility index (Phi) is 3.76. The molecule has 4 nitrogen and oxygen atoms in total. The van der Waals surface area contributed by atoms with E-state index in [1.807, 2.05) is 6.07 Å². The van der Waals surface area contributed by atoms with Gasteiger partial charge < -0.3 is 10.3 Å². The van der Waals surface area contributed by atoms with Crippen LogP contribution in [-0.4, -0.2) is 33.6 Å². The summed E-state index contributed by atoms with van der Waals surface area (Å²) in [4.78, 5) is 7.37. The van der Waals surface area contributed by atoms with Gasteiger partial charge in [-0.15, -0.1) is 0 Å². The number of hydrogen-bond donors (Lipinski definition) is 1. The largest absolute Gasteiger partial charge is 0.330 e. The van der Waals surface area contributed by atoms with E-state index in [1.165, 1.54) is 24.8 Å². The lowest BCUT2D eigenvalue weighted by atomic mass is 10.00. The first kappa shape index (κ1) is 13.6. The molecule has 108 valence electrons. The molecule has 0 aliphatic carbocycles. The van der Waals surface area contributed by atoms with Crippen LogP contribution in [0.4, 0.5) is 0 Å². The zero-order chi connectivity index (χ0) is 14.1. The first-order chi connectivity index (χ1) is 9.72. The highest BCUT2D eigenvalue weighted by molar-refractivity contribution is 5.75. The Morgan fingerprint density at radius 1 is 1.35 bits per heavy atom. The number of para-hydroxylation sites is 2. The maximum absolute atomic E-state index is 5.95. The maximum Gasteiger partial charge on any atom is 0.126 e. The van der Waals surface area contributed by atoms with E-state index in [-0.39, 0.29) is 0 Å². The summed E-state index contributed by atoms with van der Waals surface area (Å²) in [5.74, 6) is 1.14. The number of fused-ring (bicyclic) bond motifs is 1. The molecule has 0 radical (unpaired) electrons. The van der Waals surface area contributed by atoms with Gasteiger partial charge in [0.05, 0.1) is 17.1 Å². The molecule has 2 heterocycles. The smallest absolute Gasteiger partial charge is 0.126 e. The van der Waals surface area contributed by atoms with E-state index in [0.717, 1.165) is 24.4 Å². The SMILES string of the molecule is CC(c1nc2ccccc2n1C)N1CCCCC1CN. The monoisotopic (exact) mass is 272 g/mol. The van der Waals surface area contributed by atoms with Crippen LogP contribution in [0.3, 0.4) is 0 Å². The minimum atomic E-state index is 0.321. The highest BCUT2D eigenvalue weighted by atomic mass is 15.2. The lowest BCUT2D eigenvalue weighted by Gasteiger charge is -2.39. The molecule has 0 bridgehead atoms. The zero-order valence-corrected chi connectivity index (χ0v) is 12.4. The summed E-state index contributed by atoms with van der Waals surface area (Å²) >= 11 is 0. The number of likely N-dealkylation sites (tertiary alicyclic amines) is 1. The summed E-state index contributed by atoms with van der Waals surface area (Å²) < 4.78 is 2.22. The lowest BCUT2D eigenvalue weighted by molar-refractivity contribution is 0.102. The molecule has 1 fully saturated rings. The number of piperidine rings is 1. The second-order valence-electron chi connectivity index (χ2n) is 5.82. The van der Waals surface area contributed by atoms with Gasteiger partial charge in [-0.05, 0) is 38.4 Å². The lowest BCUT2D eigenvalue weighted by Crippen LogP contribution is -2.45. The average Bonchev–Trinajstić information content (AvgIpc) is 2.84. The fraction of sp³-hybridized carbons (Fsp3) is 0.562. The van der Waals surface area contributed by atoms with Gasteiger partial charge in [0.2, 0.25) is 0 Å². The number of benzene rings is 1. The molecule has 0 saturated carbocycles. The fourth-order valence-corrected chi connectivity index (χ4v) is 3.47. The van der Waals surface area contributed by atoms with Crippen LogP contribution in [0.1, 0.15) is 38.1 Å². The molecular weight excluding hydrogens is 248 g/mol. The predicted molar refractivity (Wildman–Crippen MR) is 82.5 cm³/mol. The third-order valence-electron chi connectivity index (χ3n) is 4.64. The second-order valence-corrected chi connectivity index (χ2v) is 5.82. The molecule has 3 rings (SSSR count). The van der Waals surface area contributed by atoms with Gasteiger partial charge in [0.25, 0.3) is 0 Å². The molecule has 2 N–H and O–H groups in total. The van der Waals surface area contributed by atoms with Crippen molar-refractivity contribution in [2.24, 2.45) is 12.8 Å². The Morgan fingerprint density at radius 2 is 2.15 bits per heavy atom. The molecule has 0 amide bonds. The van der Waals surface area contributed by atoms with E-state index in [0.29, 0.717) is 12.1 Å². The summed E-state index contributed by atoms with van der Waals surface area (Å²) in [7, 11) is 2.11. The van der Waals surface area contributed by atoms with Crippen molar-refractivity contribution in [2.45, 2.75) is 38.3 Å². The van der Waals surface area contributed by atoms with Crippen molar-refractivity contribution in [3.63, 3.8) is 0 Å². The van der Waals surface area contributed by atoms with Crippen molar-refractivity contribution in [1.29, 1.82) is 0 Å². The van der Waals surface area contributed by atoms with Gasteiger partial charge in [0.1, 0.15) is 5.82 Å². The van der Waals surface area contributed by atoms with Gasteiger partial charge in [-0.2, -0.15) is 0 Å². The molecule has 2 atom stereocenters. The number of nitrogens with two attached hydrogens (primary N) is 1. The van der Waals surface area contributed by atoms with E-state index in [4.69, 9.17) is 10.7 Å². The third kappa shape index (κ3) is 2.23. The van der Waals surface area contributed by atoms with Gasteiger partial charge in [-0.3, -0.25) is 4.90 Å². The summed E-state index contributed by atoms with van der Waals surface area (Å²) in [6.07, 6.45) is 3.78. The zero-order valence-electron chi connectivity index (χ0n) is 12.4. The fourth-order valence-electron chi connectivity index (χ4n) is 3.47. The molecule has 4 heteroatoms. The highest BCUT2D eigenvalue weighted by Crippen LogP contribution is 2.29. The van der Waals surface area contributed by atoms with Crippen molar-refractivity contribution in [3.8, 4) is 0 Å². The number of rotatable bonds is 3. The molecule has 20 heavy (non-hydrogen) atoms. The molecule has 2 aromatic rings. The Balaban J connectivity index is 1.95. The van der Waals surface area contributed by atoms with Crippen LogP contribution < -0.4 is 5.73 Å². The Labute approximate surface area is 120 Å². The quantitative estimate of drug-likeness (QED) is 0.933. The maximum atomic E-state index is 5.95. The molecule has 1 aromatic heterocycles. The first-order valence-corrected chi connectivity index (χ1v) is 7.59. The van der Waals surface area contributed by atoms with Crippen molar-refractivity contribution in [1.82, 2.24) is 14.5 Å². The van der Waals surface area contributed by atoms with Crippen molar-refractivity contribution < 1.29 is 0 Å². The van der Waals surface area contributed by atoms with Crippen molar-refractivity contribution in [2.75, 3.05) is 13.1 Å². The Bertz CT molecular complexity index is 589. The van der Waals surface area contributed by atoms with Crippen molar-refractivity contribution >= 4 is 11.0 Å². The minimum absolute atomic E-state index is 0.321. The molecule has 0 spiro atoms. The van der Waals surface area contributed by atoms with E-state index in [1.54, 1.807) is 0 Å². The summed E-state index contributed by atoms with van der Waals surface area (Å²) in [6.45, 7) is 4.13. The topological polar surface area (TPSA) is 47.1 Å². The van der Waals surface area contributed by atoms with Crippen LogP contribution in [-0.2, 0) is 7.05 Å². The van der Waals surface area contributed by atoms with Crippen molar-refractivity contribution in [3.05, 3.63) is 30.1 Å². The van der Waals surface area contributed by atoms with E-state index < -0.39 is 0 Å². The van der Waals surface area contributed by atoms with Crippen LogP contribution in [0.2, 0.25) is 0 Å².